The molecule has 2 aromatic heterocycles. The molecule has 0 saturated carbocycles. The first-order valence-corrected chi connectivity index (χ1v) is 13.6. The van der Waals surface area contributed by atoms with Gasteiger partial charge in [-0.15, -0.1) is 0 Å². The number of hydrogen-bond donors (Lipinski definition) is 2. The highest BCUT2D eigenvalue weighted by Crippen LogP contribution is 2.33. The first-order chi connectivity index (χ1) is 19.4. The predicted octanol–water partition coefficient (Wildman–Crippen LogP) is 2.45. The van der Waals surface area contributed by atoms with Gasteiger partial charge in [0.1, 0.15) is 12.4 Å². The number of para-hydroxylation sites is 1. The number of fused-ring (bicyclic) bond motifs is 2. The number of rotatable bonds is 8. The van der Waals surface area contributed by atoms with Crippen LogP contribution in [0.4, 0.5) is 19.1 Å². The fraction of sp³-hybridized carbons (Fsp3) is 0.556. The van der Waals surface area contributed by atoms with Crippen LogP contribution in [0.25, 0.3) is 11.2 Å². The topological polar surface area (TPSA) is 124 Å². The SMILES string of the molecule is CC(C)CCn1c(N2CCC3CNCC32)nc2c1c(=O)n(CCOc1ccccc1)c(=O)n2C.O=C(O)C(F)(F)F. The number of nitrogens with zero attached hydrogens (tertiary/aromatic N) is 5. The van der Waals surface area contributed by atoms with Gasteiger partial charge < -0.3 is 24.6 Å². The summed E-state index contributed by atoms with van der Waals surface area (Å²) in [6.07, 6.45) is -3.04. The molecule has 2 saturated heterocycles. The number of carboxylic acids is 1. The molecule has 5 rings (SSSR count). The molecule has 0 radical (unpaired) electrons. The van der Waals surface area contributed by atoms with Gasteiger partial charge in [-0.05, 0) is 36.8 Å². The summed E-state index contributed by atoms with van der Waals surface area (Å²) in [6.45, 7) is 8.35. The summed E-state index contributed by atoms with van der Waals surface area (Å²) in [5.74, 6) is -0.135. The van der Waals surface area contributed by atoms with Crippen LogP contribution in [-0.2, 0) is 24.9 Å². The van der Waals surface area contributed by atoms with E-state index in [-0.39, 0.29) is 24.4 Å². The number of carboxylic acid groups (broad SMARTS) is 1. The van der Waals surface area contributed by atoms with Crippen molar-refractivity contribution in [3.8, 4) is 5.75 Å². The maximum absolute atomic E-state index is 13.7. The van der Waals surface area contributed by atoms with E-state index < -0.39 is 12.1 Å². The van der Waals surface area contributed by atoms with Crippen molar-refractivity contribution in [3.63, 3.8) is 0 Å². The molecule has 3 aromatic rings. The molecule has 224 valence electrons. The van der Waals surface area contributed by atoms with Crippen molar-refractivity contribution in [2.45, 2.75) is 52.0 Å². The number of nitrogens with one attached hydrogen (secondary N) is 1. The molecule has 0 bridgehead atoms. The number of aryl methyl sites for hydroxylation is 2. The van der Waals surface area contributed by atoms with Crippen LogP contribution in [-0.4, -0.2) is 68.2 Å². The smallest absolute Gasteiger partial charge is 0.490 e. The van der Waals surface area contributed by atoms with Gasteiger partial charge in [0.05, 0.1) is 6.54 Å². The number of aliphatic carboxylic acids is 1. The molecule has 0 spiro atoms. The van der Waals surface area contributed by atoms with Crippen LogP contribution in [0.2, 0.25) is 0 Å². The third-order valence-electron chi connectivity index (χ3n) is 7.41. The Labute approximate surface area is 234 Å². The van der Waals surface area contributed by atoms with Crippen molar-refractivity contribution >= 4 is 23.1 Å². The molecule has 41 heavy (non-hydrogen) atoms. The van der Waals surface area contributed by atoms with Gasteiger partial charge in [0, 0.05) is 39.3 Å². The fourth-order valence-electron chi connectivity index (χ4n) is 5.24. The van der Waals surface area contributed by atoms with Gasteiger partial charge in [-0.3, -0.25) is 13.9 Å². The number of ether oxygens (including phenoxy) is 1. The first kappa shape index (κ1) is 30.2. The molecule has 14 heteroatoms. The zero-order valence-electron chi connectivity index (χ0n) is 23.2. The molecule has 1 aromatic carbocycles. The van der Waals surface area contributed by atoms with Gasteiger partial charge in [-0.1, -0.05) is 32.0 Å². The molecule has 11 nitrogen and oxygen atoms in total. The average Bonchev–Trinajstić information content (AvgIpc) is 3.63. The largest absolute Gasteiger partial charge is 0.492 e. The van der Waals surface area contributed by atoms with E-state index in [4.69, 9.17) is 19.6 Å². The number of aromatic nitrogens is 4. The first-order valence-electron chi connectivity index (χ1n) is 13.6. The Bertz CT molecular complexity index is 1480. The Kier molecular flexibility index (Phi) is 9.10. The van der Waals surface area contributed by atoms with Crippen LogP contribution in [0.15, 0.2) is 39.9 Å². The lowest BCUT2D eigenvalue weighted by Crippen LogP contribution is -2.41. The lowest BCUT2D eigenvalue weighted by Gasteiger charge is -2.25. The summed E-state index contributed by atoms with van der Waals surface area (Å²) in [5, 5.41) is 10.6. The van der Waals surface area contributed by atoms with Crippen molar-refractivity contribution in [1.82, 2.24) is 24.0 Å². The number of alkyl halides is 3. The van der Waals surface area contributed by atoms with Crippen LogP contribution in [0.3, 0.4) is 0 Å². The number of carbonyl (C=O) groups is 1. The molecule has 2 unspecified atom stereocenters. The van der Waals surface area contributed by atoms with Crippen molar-refractivity contribution in [3.05, 3.63) is 51.2 Å². The van der Waals surface area contributed by atoms with E-state index in [1.165, 1.54) is 9.13 Å². The summed E-state index contributed by atoms with van der Waals surface area (Å²) in [4.78, 5) is 42.9. The lowest BCUT2D eigenvalue weighted by atomic mass is 10.1. The normalized spacial score (nSPS) is 18.5. The molecule has 0 aliphatic carbocycles. The highest BCUT2D eigenvalue weighted by Gasteiger charge is 2.40. The molecule has 2 fully saturated rings. The maximum Gasteiger partial charge on any atom is 0.490 e. The van der Waals surface area contributed by atoms with Crippen molar-refractivity contribution in [2.24, 2.45) is 18.9 Å². The molecule has 4 heterocycles. The third-order valence-corrected chi connectivity index (χ3v) is 7.41. The maximum atomic E-state index is 13.7. The number of imidazole rings is 1. The van der Waals surface area contributed by atoms with E-state index in [2.05, 4.69) is 28.6 Å². The Morgan fingerprint density at radius 3 is 2.46 bits per heavy atom. The Morgan fingerprint density at radius 2 is 1.83 bits per heavy atom. The van der Waals surface area contributed by atoms with Crippen LogP contribution >= 0.6 is 0 Å². The van der Waals surface area contributed by atoms with Crippen molar-refractivity contribution < 1.29 is 27.8 Å². The zero-order valence-corrected chi connectivity index (χ0v) is 23.2. The van der Waals surface area contributed by atoms with E-state index in [0.717, 1.165) is 38.4 Å². The number of hydrogen-bond acceptors (Lipinski definition) is 7. The fourth-order valence-corrected chi connectivity index (χ4v) is 5.24. The van der Waals surface area contributed by atoms with E-state index in [1.54, 1.807) is 7.05 Å². The second-order valence-corrected chi connectivity index (χ2v) is 10.6. The highest BCUT2D eigenvalue weighted by molar-refractivity contribution is 5.75. The minimum Gasteiger partial charge on any atom is -0.492 e. The molecule has 2 N–H and O–H groups in total. The van der Waals surface area contributed by atoms with Gasteiger partial charge in [0.15, 0.2) is 11.2 Å². The van der Waals surface area contributed by atoms with Crippen LogP contribution < -0.4 is 26.2 Å². The summed E-state index contributed by atoms with van der Waals surface area (Å²) < 4.78 is 42.4. The second-order valence-electron chi connectivity index (χ2n) is 10.6. The van der Waals surface area contributed by atoms with Crippen LogP contribution in [0, 0.1) is 11.8 Å². The minimum absolute atomic E-state index is 0.180. The molecule has 2 aliphatic rings. The minimum atomic E-state index is -5.08. The Balaban J connectivity index is 0.000000493. The third kappa shape index (κ3) is 6.58. The monoisotopic (exact) mass is 580 g/mol. The number of benzene rings is 1. The zero-order chi connectivity index (χ0) is 29.9. The summed E-state index contributed by atoms with van der Waals surface area (Å²) >= 11 is 0. The average molecular weight is 581 g/mol. The highest BCUT2D eigenvalue weighted by atomic mass is 19.4. The Morgan fingerprint density at radius 1 is 1.15 bits per heavy atom. The molecule has 0 amide bonds. The number of halogens is 3. The van der Waals surface area contributed by atoms with Gasteiger partial charge in [0.2, 0.25) is 5.95 Å². The van der Waals surface area contributed by atoms with Gasteiger partial charge in [-0.25, -0.2) is 9.59 Å². The standard InChI is InChI=1S/C25H34N6O3.C2HF3O2/c1-17(2)9-11-30-21-22(27-24(30)29-12-10-18-15-26-16-20(18)29)28(3)25(33)31(23(21)32)13-14-34-19-7-5-4-6-8-19;3-2(4,5)1(6)7/h4-8,17-18,20,26H,9-16H2,1-3H3;(H,6,7). The van der Waals surface area contributed by atoms with E-state index >= 15 is 0 Å². The molecular weight excluding hydrogens is 545 g/mol. The van der Waals surface area contributed by atoms with Crippen LogP contribution in [0.1, 0.15) is 26.7 Å². The molecular formula is C27H35F3N6O5. The summed E-state index contributed by atoms with van der Waals surface area (Å²) in [7, 11) is 1.70. The quantitative estimate of drug-likeness (QED) is 0.417. The predicted molar refractivity (Wildman–Crippen MR) is 146 cm³/mol. The van der Waals surface area contributed by atoms with Crippen molar-refractivity contribution in [1.29, 1.82) is 0 Å². The van der Waals surface area contributed by atoms with E-state index in [1.807, 2.05) is 30.3 Å². The molecule has 2 atom stereocenters. The van der Waals surface area contributed by atoms with Gasteiger partial charge in [0.25, 0.3) is 5.56 Å². The second kappa shape index (κ2) is 12.4. The van der Waals surface area contributed by atoms with E-state index in [0.29, 0.717) is 41.3 Å². The number of anilines is 1. The summed E-state index contributed by atoms with van der Waals surface area (Å²) in [5.41, 5.74) is 0.309. The van der Waals surface area contributed by atoms with Gasteiger partial charge in [-0.2, -0.15) is 18.2 Å². The van der Waals surface area contributed by atoms with Gasteiger partial charge >= 0.3 is 17.8 Å². The Hall–Kier alpha value is -3.81. The summed E-state index contributed by atoms with van der Waals surface area (Å²) in [6, 6.07) is 9.81. The lowest BCUT2D eigenvalue weighted by molar-refractivity contribution is -0.192. The molecule has 2 aliphatic heterocycles. The van der Waals surface area contributed by atoms with Crippen molar-refractivity contribution in [2.75, 3.05) is 31.1 Å². The van der Waals surface area contributed by atoms with E-state index in [9.17, 15) is 22.8 Å². The van der Waals surface area contributed by atoms with Crippen LogP contribution in [0.5, 0.6) is 5.75 Å².